The molecule has 47 heavy (non-hydrogen) atoms. The third kappa shape index (κ3) is 7.11. The molecule has 1 aromatic heterocycles. The minimum atomic E-state index is -0.495. The zero-order valence-corrected chi connectivity index (χ0v) is 29.5. The molecule has 10 heteroatoms. The van der Waals surface area contributed by atoms with Gasteiger partial charge in [-0.15, -0.1) is 0 Å². The molecule has 0 radical (unpaired) electrons. The van der Waals surface area contributed by atoms with E-state index >= 15 is 0 Å². The zero-order valence-electron chi connectivity index (χ0n) is 29.5. The topological polar surface area (TPSA) is 130 Å². The Morgan fingerprint density at radius 3 is 1.89 bits per heavy atom. The van der Waals surface area contributed by atoms with Gasteiger partial charge in [0, 0.05) is 25.6 Å². The van der Waals surface area contributed by atoms with Gasteiger partial charge in [0.1, 0.15) is 29.2 Å². The summed E-state index contributed by atoms with van der Waals surface area (Å²) in [4.78, 5) is 62.3. The highest BCUT2D eigenvalue weighted by Crippen LogP contribution is 2.39. The number of nitrogens with zero attached hydrogens (tertiary/aromatic N) is 2. The normalized spacial score (nSPS) is 32.1. The summed E-state index contributed by atoms with van der Waals surface area (Å²) in [6.07, 6.45) is 6.34. The van der Waals surface area contributed by atoms with E-state index < -0.39 is 11.9 Å². The second-order valence-corrected chi connectivity index (χ2v) is 15.0. The Morgan fingerprint density at radius 1 is 0.872 bits per heavy atom. The molecular weight excluding hydrogens is 596 g/mol. The van der Waals surface area contributed by atoms with Crippen molar-refractivity contribution in [1.29, 1.82) is 0 Å². The summed E-state index contributed by atoms with van der Waals surface area (Å²) >= 11 is 0. The van der Waals surface area contributed by atoms with E-state index in [0.717, 1.165) is 25.7 Å². The molecular formula is C37H52N4O6. The second kappa shape index (κ2) is 13.8. The van der Waals surface area contributed by atoms with Gasteiger partial charge in [-0.2, -0.15) is 0 Å². The number of carbonyl (C=O) groups excluding carboxylic acids is 4. The molecule has 2 aliphatic heterocycles. The standard InChI is InChI=1S/C37H52N4O6/c1-18-13-20(3)32(21(4)14-18)46-36(44)30-24(7)27(39-34(30)38-26(9)42)17-28-25(8)31(35(40-28)41-12-10-11-29(41)43)37(45)47-33-22(5)15-19(2)16-23(33)6/h17-23,32-33,39H,10-16H2,1-9H3,(H,38,42). The lowest BCUT2D eigenvalue weighted by atomic mass is 9.75. The minimum absolute atomic E-state index is 0.0779. The molecule has 1 saturated heterocycles. The molecule has 4 atom stereocenters. The van der Waals surface area contributed by atoms with Gasteiger partial charge in [-0.25, -0.2) is 14.6 Å². The number of H-pyrrole nitrogens is 1. The Balaban J connectivity index is 1.50. The molecule has 2 saturated carbocycles. The summed E-state index contributed by atoms with van der Waals surface area (Å²) in [6.45, 7) is 18.4. The summed E-state index contributed by atoms with van der Waals surface area (Å²) in [6, 6.07) is 0. The number of amides is 2. The van der Waals surface area contributed by atoms with Crippen molar-refractivity contribution in [3.63, 3.8) is 0 Å². The van der Waals surface area contributed by atoms with Gasteiger partial charge < -0.3 is 19.8 Å². The van der Waals surface area contributed by atoms with Gasteiger partial charge in [-0.3, -0.25) is 14.5 Å². The number of rotatable bonds is 6. The Kier molecular flexibility index (Phi) is 10.2. The number of aromatic amines is 1. The predicted molar refractivity (Wildman–Crippen MR) is 181 cm³/mol. The van der Waals surface area contributed by atoms with E-state index in [0.29, 0.717) is 65.2 Å². The SMILES string of the molecule is CC(=O)Nc1[nH]c(C=C2N=C(N3CCCC3=O)C(C(=O)OC3C(C)CC(C)CC3C)=C2C)c(C)c1C(=O)OC1C(C)CC(C)CC1C. The third-order valence-electron chi connectivity index (χ3n) is 10.6. The van der Waals surface area contributed by atoms with Crippen LogP contribution in [0.5, 0.6) is 0 Å². The van der Waals surface area contributed by atoms with E-state index in [1.807, 2.05) is 6.92 Å². The van der Waals surface area contributed by atoms with Gasteiger partial charge in [0.05, 0.1) is 5.70 Å². The number of nitrogens with one attached hydrogen (secondary N) is 2. The van der Waals surface area contributed by atoms with Gasteiger partial charge >= 0.3 is 11.9 Å². The van der Waals surface area contributed by atoms with Crippen LogP contribution >= 0.6 is 0 Å². The lowest BCUT2D eigenvalue weighted by molar-refractivity contribution is -0.152. The first kappa shape index (κ1) is 34.6. The van der Waals surface area contributed by atoms with Crippen molar-refractivity contribution in [1.82, 2.24) is 9.88 Å². The fourth-order valence-electron chi connectivity index (χ4n) is 8.64. The Morgan fingerprint density at radius 2 is 1.40 bits per heavy atom. The number of likely N-dealkylation sites (tertiary alicyclic amines) is 1. The highest BCUT2D eigenvalue weighted by Gasteiger charge is 2.40. The van der Waals surface area contributed by atoms with Crippen LogP contribution in [0.4, 0.5) is 5.82 Å². The average Bonchev–Trinajstić information content (AvgIpc) is 3.62. The van der Waals surface area contributed by atoms with Gasteiger partial charge in [-0.1, -0.05) is 41.5 Å². The summed E-state index contributed by atoms with van der Waals surface area (Å²) in [5, 5.41) is 2.76. The van der Waals surface area contributed by atoms with Crippen molar-refractivity contribution >= 4 is 41.5 Å². The molecule has 0 bridgehead atoms. The molecule has 10 nitrogen and oxygen atoms in total. The number of aromatic nitrogens is 1. The number of aliphatic imine (C=N–C) groups is 1. The van der Waals surface area contributed by atoms with E-state index in [4.69, 9.17) is 14.5 Å². The summed E-state index contributed by atoms with van der Waals surface area (Å²) in [7, 11) is 0. The van der Waals surface area contributed by atoms with Crippen LogP contribution in [0.1, 0.15) is 116 Å². The van der Waals surface area contributed by atoms with E-state index in [1.54, 1.807) is 17.9 Å². The second-order valence-electron chi connectivity index (χ2n) is 15.0. The van der Waals surface area contributed by atoms with Gasteiger partial charge in [0.25, 0.3) is 0 Å². The van der Waals surface area contributed by atoms with Crippen LogP contribution in [0, 0.1) is 42.4 Å². The molecule has 256 valence electrons. The average molecular weight is 649 g/mol. The van der Waals surface area contributed by atoms with Crippen LogP contribution in [0.15, 0.2) is 21.8 Å². The van der Waals surface area contributed by atoms with Crippen LogP contribution in [-0.4, -0.2) is 58.2 Å². The highest BCUT2D eigenvalue weighted by molar-refractivity contribution is 6.25. The number of allylic oxidation sites excluding steroid dienone is 1. The molecule has 4 aliphatic rings. The maximum absolute atomic E-state index is 13.9. The number of anilines is 1. The molecule has 0 spiro atoms. The van der Waals surface area contributed by atoms with Crippen molar-refractivity contribution < 1.29 is 28.7 Å². The first-order chi connectivity index (χ1) is 22.2. The lowest BCUT2D eigenvalue weighted by Gasteiger charge is -2.37. The Labute approximate surface area is 278 Å². The van der Waals surface area contributed by atoms with E-state index in [-0.39, 0.29) is 59.1 Å². The number of amidine groups is 1. The lowest BCUT2D eigenvalue weighted by Crippen LogP contribution is -2.40. The van der Waals surface area contributed by atoms with Crippen LogP contribution in [0.25, 0.3) is 6.08 Å². The molecule has 3 fully saturated rings. The first-order valence-electron chi connectivity index (χ1n) is 17.4. The zero-order chi connectivity index (χ0) is 34.3. The van der Waals surface area contributed by atoms with Crippen molar-refractivity contribution in [3.05, 3.63) is 33.7 Å². The van der Waals surface area contributed by atoms with Crippen molar-refractivity contribution in [2.24, 2.45) is 40.5 Å². The fraction of sp³-hybridized carbons (Fsp3) is 0.649. The van der Waals surface area contributed by atoms with Gasteiger partial charge in [0.15, 0.2) is 5.84 Å². The van der Waals surface area contributed by atoms with E-state index in [9.17, 15) is 19.2 Å². The first-order valence-corrected chi connectivity index (χ1v) is 17.4. The molecule has 2 amide bonds. The molecule has 1 aromatic rings. The Bertz CT molecular complexity index is 1510. The largest absolute Gasteiger partial charge is 0.458 e. The predicted octanol–water partition coefficient (Wildman–Crippen LogP) is 6.81. The Hall–Kier alpha value is -3.69. The van der Waals surface area contributed by atoms with E-state index in [2.05, 4.69) is 51.8 Å². The van der Waals surface area contributed by atoms with Crippen LogP contribution in [-0.2, 0) is 23.9 Å². The van der Waals surface area contributed by atoms with Gasteiger partial charge in [-0.05, 0) is 98.7 Å². The molecule has 4 unspecified atom stereocenters. The summed E-state index contributed by atoms with van der Waals surface area (Å²) in [5.74, 6) is 1.21. The highest BCUT2D eigenvalue weighted by atomic mass is 16.5. The van der Waals surface area contributed by atoms with Gasteiger partial charge in [0.2, 0.25) is 11.8 Å². The number of ether oxygens (including phenoxy) is 2. The molecule has 2 N–H and O–H groups in total. The molecule has 5 rings (SSSR count). The van der Waals surface area contributed by atoms with Crippen molar-refractivity contribution in [2.45, 2.75) is 113 Å². The fourth-order valence-corrected chi connectivity index (χ4v) is 8.64. The molecule has 3 heterocycles. The number of hydrogen-bond donors (Lipinski definition) is 2. The minimum Gasteiger partial charge on any atom is -0.458 e. The maximum Gasteiger partial charge on any atom is 0.342 e. The smallest absolute Gasteiger partial charge is 0.342 e. The van der Waals surface area contributed by atoms with Crippen molar-refractivity contribution in [3.8, 4) is 0 Å². The number of hydrogen-bond acceptors (Lipinski definition) is 7. The third-order valence-corrected chi connectivity index (χ3v) is 10.6. The van der Waals surface area contributed by atoms with E-state index in [1.165, 1.54) is 6.92 Å². The summed E-state index contributed by atoms with van der Waals surface area (Å²) in [5.41, 5.74) is 2.76. The maximum atomic E-state index is 13.9. The van der Waals surface area contributed by atoms with Crippen LogP contribution < -0.4 is 5.32 Å². The monoisotopic (exact) mass is 648 g/mol. The number of carbonyl (C=O) groups is 4. The quantitative estimate of drug-likeness (QED) is 0.326. The summed E-state index contributed by atoms with van der Waals surface area (Å²) < 4.78 is 12.3. The van der Waals surface area contributed by atoms with Crippen molar-refractivity contribution in [2.75, 3.05) is 11.9 Å². The molecule has 0 aromatic carbocycles. The van der Waals surface area contributed by atoms with Crippen LogP contribution in [0.2, 0.25) is 0 Å². The number of esters is 2. The molecule has 2 aliphatic carbocycles. The van der Waals surface area contributed by atoms with Crippen LogP contribution in [0.3, 0.4) is 0 Å².